The molecule has 1 rings (SSSR count). The van der Waals surface area contributed by atoms with E-state index in [4.69, 9.17) is 9.47 Å². The molecule has 1 aromatic rings. The lowest BCUT2D eigenvalue weighted by Gasteiger charge is -2.40. The molecule has 0 atom stereocenters. The smallest absolute Gasteiger partial charge is 0.308 e. The SMILES string of the molecule is CC(=O)Oc1cc(OC(C)(C)C(C)(C)C(C)=O)c(C(C)C)cc1C(C)(C)C. The topological polar surface area (TPSA) is 52.6 Å². The number of carbonyl (C=O) groups excluding carboxylic acids is 2. The lowest BCUT2D eigenvalue weighted by molar-refractivity contribution is -0.135. The molecule has 0 aliphatic rings. The van der Waals surface area contributed by atoms with Crippen molar-refractivity contribution in [3.8, 4) is 11.5 Å². The summed E-state index contributed by atoms with van der Waals surface area (Å²) in [6.07, 6.45) is 0. The van der Waals surface area contributed by atoms with Gasteiger partial charge in [0.25, 0.3) is 0 Å². The Bertz CT molecular complexity index is 719. The van der Waals surface area contributed by atoms with Gasteiger partial charge in [-0.05, 0) is 57.6 Å². The zero-order valence-corrected chi connectivity index (χ0v) is 18.9. The summed E-state index contributed by atoms with van der Waals surface area (Å²) in [7, 11) is 0. The maximum atomic E-state index is 12.2. The molecule has 0 amide bonds. The Morgan fingerprint density at radius 1 is 0.889 bits per heavy atom. The normalized spacial score (nSPS) is 12.9. The van der Waals surface area contributed by atoms with Gasteiger partial charge in [0.1, 0.15) is 22.9 Å². The minimum absolute atomic E-state index is 0.0603. The van der Waals surface area contributed by atoms with E-state index in [0.717, 1.165) is 11.1 Å². The van der Waals surface area contributed by atoms with E-state index in [9.17, 15) is 9.59 Å². The van der Waals surface area contributed by atoms with E-state index in [1.54, 1.807) is 13.0 Å². The summed E-state index contributed by atoms with van der Waals surface area (Å²) in [5, 5.41) is 0. The van der Waals surface area contributed by atoms with Gasteiger partial charge in [-0.2, -0.15) is 0 Å². The number of ketones is 1. The first kappa shape index (κ1) is 23.2. The second kappa shape index (κ2) is 7.65. The first-order valence-corrected chi connectivity index (χ1v) is 9.57. The number of ether oxygens (including phenoxy) is 2. The van der Waals surface area contributed by atoms with Gasteiger partial charge in [0.2, 0.25) is 0 Å². The molecule has 0 aromatic heterocycles. The molecule has 27 heavy (non-hydrogen) atoms. The molecule has 0 fully saturated rings. The maximum absolute atomic E-state index is 12.2. The lowest BCUT2D eigenvalue weighted by atomic mass is 9.74. The van der Waals surface area contributed by atoms with Crippen molar-refractivity contribution in [1.82, 2.24) is 0 Å². The molecular formula is C23H36O4. The fourth-order valence-corrected chi connectivity index (χ4v) is 2.77. The quantitative estimate of drug-likeness (QED) is 0.465. The first-order valence-electron chi connectivity index (χ1n) is 9.57. The van der Waals surface area contributed by atoms with Crippen LogP contribution in [0, 0.1) is 5.41 Å². The molecule has 0 radical (unpaired) electrons. The van der Waals surface area contributed by atoms with E-state index < -0.39 is 11.0 Å². The molecule has 152 valence electrons. The summed E-state index contributed by atoms with van der Waals surface area (Å²) in [5.74, 6) is 1.06. The summed E-state index contributed by atoms with van der Waals surface area (Å²) in [4.78, 5) is 23.8. The predicted molar refractivity (Wildman–Crippen MR) is 110 cm³/mol. The molecule has 4 nitrogen and oxygen atoms in total. The van der Waals surface area contributed by atoms with Crippen molar-refractivity contribution in [1.29, 1.82) is 0 Å². The van der Waals surface area contributed by atoms with Crippen molar-refractivity contribution in [3.05, 3.63) is 23.3 Å². The number of benzene rings is 1. The van der Waals surface area contributed by atoms with Crippen LogP contribution in [-0.4, -0.2) is 17.4 Å². The molecule has 0 unspecified atom stereocenters. The molecule has 0 saturated heterocycles. The fraction of sp³-hybridized carbons (Fsp3) is 0.652. The van der Waals surface area contributed by atoms with Crippen molar-refractivity contribution in [2.24, 2.45) is 5.41 Å². The number of hydrogen-bond donors (Lipinski definition) is 0. The average Bonchev–Trinajstić information content (AvgIpc) is 2.44. The highest BCUT2D eigenvalue weighted by atomic mass is 16.5. The third kappa shape index (κ3) is 5.12. The van der Waals surface area contributed by atoms with Crippen molar-refractivity contribution in [2.75, 3.05) is 0 Å². The number of Topliss-reactive ketones (excluding diaryl/α,β-unsaturated/α-hetero) is 1. The summed E-state index contributed by atoms with van der Waals surface area (Å²) >= 11 is 0. The number of esters is 1. The Morgan fingerprint density at radius 3 is 1.78 bits per heavy atom. The van der Waals surface area contributed by atoms with Crippen LogP contribution in [-0.2, 0) is 15.0 Å². The Kier molecular flexibility index (Phi) is 6.57. The van der Waals surface area contributed by atoms with Crippen molar-refractivity contribution in [2.45, 2.75) is 93.1 Å². The highest BCUT2D eigenvalue weighted by Gasteiger charge is 2.43. The summed E-state index contributed by atoms with van der Waals surface area (Å²) in [6.45, 7) is 21.1. The van der Waals surface area contributed by atoms with E-state index in [2.05, 4.69) is 40.7 Å². The first-order chi connectivity index (χ1) is 12.0. The highest BCUT2D eigenvalue weighted by Crippen LogP contribution is 2.43. The Hall–Kier alpha value is -1.84. The van der Waals surface area contributed by atoms with Gasteiger partial charge in [0.15, 0.2) is 0 Å². The molecule has 0 aliphatic carbocycles. The third-order valence-corrected chi connectivity index (χ3v) is 5.55. The van der Waals surface area contributed by atoms with Crippen LogP contribution in [0.1, 0.15) is 93.2 Å². The Morgan fingerprint density at radius 2 is 1.41 bits per heavy atom. The molecular weight excluding hydrogens is 340 g/mol. The van der Waals surface area contributed by atoms with Crippen LogP contribution in [0.2, 0.25) is 0 Å². The number of hydrogen-bond acceptors (Lipinski definition) is 4. The second-order valence-corrected chi connectivity index (χ2v) is 9.68. The van der Waals surface area contributed by atoms with Gasteiger partial charge >= 0.3 is 5.97 Å². The summed E-state index contributed by atoms with van der Waals surface area (Å²) in [5.41, 5.74) is 0.381. The second-order valence-electron chi connectivity index (χ2n) is 9.68. The summed E-state index contributed by atoms with van der Waals surface area (Å²) < 4.78 is 11.9. The van der Waals surface area contributed by atoms with Gasteiger partial charge in [0.05, 0.1) is 5.41 Å². The van der Waals surface area contributed by atoms with Crippen molar-refractivity contribution < 1.29 is 19.1 Å². The van der Waals surface area contributed by atoms with E-state index in [0.29, 0.717) is 11.5 Å². The summed E-state index contributed by atoms with van der Waals surface area (Å²) in [6, 6.07) is 3.87. The zero-order chi connectivity index (χ0) is 21.4. The molecule has 0 heterocycles. The number of carbonyl (C=O) groups is 2. The highest BCUT2D eigenvalue weighted by molar-refractivity contribution is 5.83. The van der Waals surface area contributed by atoms with E-state index in [-0.39, 0.29) is 23.1 Å². The van der Waals surface area contributed by atoms with Crippen LogP contribution in [0.4, 0.5) is 0 Å². The molecule has 0 spiro atoms. The molecule has 0 N–H and O–H groups in total. The Labute approximate surface area is 164 Å². The van der Waals surface area contributed by atoms with Crippen LogP contribution in [0.15, 0.2) is 12.1 Å². The molecule has 0 aliphatic heterocycles. The van der Waals surface area contributed by atoms with Gasteiger partial charge in [-0.25, -0.2) is 0 Å². The van der Waals surface area contributed by atoms with Crippen LogP contribution < -0.4 is 9.47 Å². The monoisotopic (exact) mass is 376 g/mol. The third-order valence-electron chi connectivity index (χ3n) is 5.55. The van der Waals surface area contributed by atoms with Crippen molar-refractivity contribution >= 4 is 11.8 Å². The standard InChI is InChI=1S/C23H36O4/c1-14(2)17-12-18(21(5,6)7)20(26-16(4)25)13-19(17)27-23(10,11)22(8,9)15(3)24/h12-14H,1-11H3. The van der Waals surface area contributed by atoms with Crippen LogP contribution >= 0.6 is 0 Å². The van der Waals surface area contributed by atoms with Gasteiger partial charge in [-0.1, -0.05) is 34.6 Å². The average molecular weight is 377 g/mol. The predicted octanol–water partition coefficient (Wildman–Crippen LogP) is 5.81. The minimum atomic E-state index is -0.737. The van der Waals surface area contributed by atoms with Gasteiger partial charge in [-0.3, -0.25) is 9.59 Å². The largest absolute Gasteiger partial charge is 0.486 e. The number of rotatable bonds is 6. The van der Waals surface area contributed by atoms with E-state index >= 15 is 0 Å². The lowest BCUT2D eigenvalue weighted by Crippen LogP contribution is -2.48. The van der Waals surface area contributed by atoms with Crippen LogP contribution in [0.5, 0.6) is 11.5 Å². The minimum Gasteiger partial charge on any atom is -0.486 e. The Balaban J connectivity index is 3.62. The van der Waals surface area contributed by atoms with Gasteiger partial charge in [-0.15, -0.1) is 0 Å². The zero-order valence-electron chi connectivity index (χ0n) is 18.9. The molecule has 0 bridgehead atoms. The van der Waals surface area contributed by atoms with Crippen molar-refractivity contribution in [3.63, 3.8) is 0 Å². The van der Waals surface area contributed by atoms with Crippen LogP contribution in [0.25, 0.3) is 0 Å². The van der Waals surface area contributed by atoms with E-state index in [1.165, 1.54) is 6.92 Å². The molecule has 1 aromatic carbocycles. The van der Waals surface area contributed by atoms with E-state index in [1.807, 2.05) is 27.7 Å². The molecule has 4 heteroatoms. The maximum Gasteiger partial charge on any atom is 0.308 e. The molecule has 0 saturated carbocycles. The van der Waals surface area contributed by atoms with Gasteiger partial charge in [0, 0.05) is 18.6 Å². The van der Waals surface area contributed by atoms with Crippen LogP contribution in [0.3, 0.4) is 0 Å². The fourth-order valence-electron chi connectivity index (χ4n) is 2.77. The van der Waals surface area contributed by atoms with Gasteiger partial charge < -0.3 is 9.47 Å².